The maximum Gasteiger partial charge on any atom is 0.251 e. The minimum Gasteiger partial charge on any atom is -0.467 e. The molecule has 0 aliphatic rings. The van der Waals surface area contributed by atoms with Crippen LogP contribution in [-0.2, 0) is 6.54 Å². The Kier molecular flexibility index (Phi) is 5.15. The molecule has 2 N–H and O–H groups in total. The third-order valence-electron chi connectivity index (χ3n) is 2.93. The second-order valence-electron chi connectivity index (χ2n) is 4.60. The van der Waals surface area contributed by atoms with Gasteiger partial charge in [0, 0.05) is 17.7 Å². The van der Waals surface area contributed by atoms with E-state index in [0.717, 1.165) is 6.42 Å². The van der Waals surface area contributed by atoms with E-state index in [2.05, 4.69) is 10.6 Å². The lowest BCUT2D eigenvalue weighted by atomic mass is 10.1. The molecule has 110 valence electrons. The van der Waals surface area contributed by atoms with Gasteiger partial charge in [-0.1, -0.05) is 13.0 Å². The van der Waals surface area contributed by atoms with Crippen LogP contribution >= 0.6 is 0 Å². The molecule has 0 saturated carbocycles. The first-order valence-electron chi connectivity index (χ1n) is 6.89. The van der Waals surface area contributed by atoms with Crippen molar-refractivity contribution in [1.29, 1.82) is 0 Å². The zero-order valence-electron chi connectivity index (χ0n) is 11.9. The summed E-state index contributed by atoms with van der Waals surface area (Å²) in [5.41, 5.74) is 0.930. The van der Waals surface area contributed by atoms with Crippen LogP contribution in [0.3, 0.4) is 0 Å². The van der Waals surface area contributed by atoms with Crippen molar-refractivity contribution in [3.8, 4) is 0 Å². The van der Waals surface area contributed by atoms with E-state index in [-0.39, 0.29) is 11.8 Å². The molecule has 5 heteroatoms. The zero-order valence-corrected chi connectivity index (χ0v) is 11.9. The number of furan rings is 1. The Balaban J connectivity index is 1.99. The first kappa shape index (κ1) is 14.8. The average Bonchev–Trinajstić information content (AvgIpc) is 3.03. The van der Waals surface area contributed by atoms with Gasteiger partial charge in [-0.3, -0.25) is 9.59 Å². The Labute approximate surface area is 123 Å². The predicted molar refractivity (Wildman–Crippen MR) is 78.9 cm³/mol. The number of nitrogens with one attached hydrogen (secondary N) is 2. The van der Waals surface area contributed by atoms with E-state index in [0.29, 0.717) is 30.0 Å². The van der Waals surface area contributed by atoms with Crippen molar-refractivity contribution < 1.29 is 14.0 Å². The van der Waals surface area contributed by atoms with Gasteiger partial charge in [0.25, 0.3) is 11.8 Å². The highest BCUT2D eigenvalue weighted by Gasteiger charge is 2.10. The Morgan fingerprint density at radius 2 is 1.76 bits per heavy atom. The fourth-order valence-corrected chi connectivity index (χ4v) is 1.82. The number of hydrogen-bond donors (Lipinski definition) is 2. The molecule has 2 amide bonds. The smallest absolute Gasteiger partial charge is 0.251 e. The summed E-state index contributed by atoms with van der Waals surface area (Å²) in [5, 5.41) is 5.53. The molecular formula is C16H18N2O3. The van der Waals surface area contributed by atoms with Crippen LogP contribution in [-0.4, -0.2) is 18.4 Å². The Bertz CT molecular complexity index is 606. The monoisotopic (exact) mass is 286 g/mol. The summed E-state index contributed by atoms with van der Waals surface area (Å²) in [6.45, 7) is 2.92. The summed E-state index contributed by atoms with van der Waals surface area (Å²) < 4.78 is 5.15. The van der Waals surface area contributed by atoms with E-state index >= 15 is 0 Å². The summed E-state index contributed by atoms with van der Waals surface area (Å²) in [7, 11) is 0. The molecule has 2 aromatic rings. The van der Waals surface area contributed by atoms with Gasteiger partial charge in [0.2, 0.25) is 0 Å². The maximum atomic E-state index is 12.0. The van der Waals surface area contributed by atoms with E-state index in [1.165, 1.54) is 0 Å². The number of benzene rings is 1. The van der Waals surface area contributed by atoms with Crippen LogP contribution in [0.4, 0.5) is 0 Å². The van der Waals surface area contributed by atoms with E-state index < -0.39 is 0 Å². The normalized spacial score (nSPS) is 10.1. The van der Waals surface area contributed by atoms with Gasteiger partial charge in [0.15, 0.2) is 0 Å². The maximum absolute atomic E-state index is 12.0. The van der Waals surface area contributed by atoms with Gasteiger partial charge in [-0.25, -0.2) is 0 Å². The first-order valence-corrected chi connectivity index (χ1v) is 6.89. The lowest BCUT2D eigenvalue weighted by Gasteiger charge is -2.06. The van der Waals surface area contributed by atoms with Gasteiger partial charge in [-0.05, 0) is 36.8 Å². The minimum atomic E-state index is -0.239. The second kappa shape index (κ2) is 7.28. The molecule has 1 heterocycles. The lowest BCUT2D eigenvalue weighted by Crippen LogP contribution is -2.25. The largest absolute Gasteiger partial charge is 0.467 e. The SMILES string of the molecule is CCCNC(=O)c1cccc(C(=O)NCc2ccco2)c1. The average molecular weight is 286 g/mol. The fourth-order valence-electron chi connectivity index (χ4n) is 1.82. The Morgan fingerprint density at radius 1 is 1.05 bits per heavy atom. The highest BCUT2D eigenvalue weighted by atomic mass is 16.3. The van der Waals surface area contributed by atoms with Gasteiger partial charge < -0.3 is 15.1 Å². The van der Waals surface area contributed by atoms with Crippen molar-refractivity contribution in [3.63, 3.8) is 0 Å². The van der Waals surface area contributed by atoms with Crippen LogP contribution in [0.1, 0.15) is 39.8 Å². The van der Waals surface area contributed by atoms with E-state index in [1.807, 2.05) is 6.92 Å². The van der Waals surface area contributed by atoms with Crippen LogP contribution in [0.15, 0.2) is 47.1 Å². The molecule has 0 fully saturated rings. The topological polar surface area (TPSA) is 71.3 Å². The van der Waals surface area contributed by atoms with Crippen molar-refractivity contribution >= 4 is 11.8 Å². The van der Waals surface area contributed by atoms with E-state index in [4.69, 9.17) is 4.42 Å². The molecule has 0 radical (unpaired) electrons. The minimum absolute atomic E-state index is 0.169. The molecule has 5 nitrogen and oxygen atoms in total. The Hall–Kier alpha value is -2.56. The molecule has 0 unspecified atom stereocenters. The number of rotatable bonds is 6. The number of hydrogen-bond acceptors (Lipinski definition) is 3. The third-order valence-corrected chi connectivity index (χ3v) is 2.93. The van der Waals surface area contributed by atoms with Gasteiger partial charge in [-0.2, -0.15) is 0 Å². The fraction of sp³-hybridized carbons (Fsp3) is 0.250. The predicted octanol–water partition coefficient (Wildman–Crippen LogP) is 2.35. The highest BCUT2D eigenvalue weighted by molar-refractivity contribution is 5.99. The van der Waals surface area contributed by atoms with Crippen molar-refractivity contribution in [2.75, 3.05) is 6.54 Å². The van der Waals surface area contributed by atoms with Crippen LogP contribution in [0.5, 0.6) is 0 Å². The summed E-state index contributed by atoms with van der Waals surface area (Å²) in [5.74, 6) is 0.272. The lowest BCUT2D eigenvalue weighted by molar-refractivity contribution is 0.0948. The quantitative estimate of drug-likeness (QED) is 0.856. The molecule has 0 saturated heterocycles. The molecule has 0 atom stereocenters. The molecule has 0 aliphatic heterocycles. The molecule has 1 aromatic carbocycles. The van der Waals surface area contributed by atoms with Crippen LogP contribution in [0.2, 0.25) is 0 Å². The number of carbonyl (C=O) groups excluding carboxylic acids is 2. The number of amides is 2. The second-order valence-corrected chi connectivity index (χ2v) is 4.60. The molecule has 0 aliphatic carbocycles. The molecule has 21 heavy (non-hydrogen) atoms. The van der Waals surface area contributed by atoms with Gasteiger partial charge in [-0.15, -0.1) is 0 Å². The highest BCUT2D eigenvalue weighted by Crippen LogP contribution is 2.06. The summed E-state index contributed by atoms with van der Waals surface area (Å²) in [4.78, 5) is 23.9. The summed E-state index contributed by atoms with van der Waals surface area (Å²) in [6, 6.07) is 10.2. The number of carbonyl (C=O) groups is 2. The summed E-state index contributed by atoms with van der Waals surface area (Å²) >= 11 is 0. The van der Waals surface area contributed by atoms with Gasteiger partial charge in [0.05, 0.1) is 12.8 Å². The summed E-state index contributed by atoms with van der Waals surface area (Å²) in [6.07, 6.45) is 2.43. The zero-order chi connectivity index (χ0) is 15.1. The van der Waals surface area contributed by atoms with E-state index in [9.17, 15) is 9.59 Å². The van der Waals surface area contributed by atoms with E-state index in [1.54, 1.807) is 42.7 Å². The van der Waals surface area contributed by atoms with Crippen molar-refractivity contribution in [3.05, 3.63) is 59.5 Å². The molecule has 0 bridgehead atoms. The first-order chi connectivity index (χ1) is 10.2. The molecule has 1 aromatic heterocycles. The molecular weight excluding hydrogens is 268 g/mol. The van der Waals surface area contributed by atoms with Crippen molar-refractivity contribution in [2.45, 2.75) is 19.9 Å². The Morgan fingerprint density at radius 3 is 2.38 bits per heavy atom. The third kappa shape index (κ3) is 4.21. The van der Waals surface area contributed by atoms with Crippen LogP contribution in [0.25, 0.3) is 0 Å². The van der Waals surface area contributed by atoms with Gasteiger partial charge >= 0.3 is 0 Å². The molecule has 2 rings (SSSR count). The van der Waals surface area contributed by atoms with Crippen molar-refractivity contribution in [1.82, 2.24) is 10.6 Å². The van der Waals surface area contributed by atoms with Crippen LogP contribution < -0.4 is 10.6 Å². The van der Waals surface area contributed by atoms with Gasteiger partial charge in [0.1, 0.15) is 5.76 Å². The van der Waals surface area contributed by atoms with Crippen molar-refractivity contribution in [2.24, 2.45) is 0 Å². The molecule has 0 spiro atoms. The standard InChI is InChI=1S/C16H18N2O3/c1-2-8-17-15(19)12-5-3-6-13(10-12)16(20)18-11-14-7-4-9-21-14/h3-7,9-10H,2,8,11H2,1H3,(H,17,19)(H,18,20). The van der Waals surface area contributed by atoms with Crippen LogP contribution in [0, 0.1) is 0 Å².